The van der Waals surface area contributed by atoms with Crippen molar-refractivity contribution in [2.75, 3.05) is 70.1 Å². The number of amides is 4. The second kappa shape index (κ2) is 14.8. The van der Waals surface area contributed by atoms with Gasteiger partial charge in [-0.25, -0.2) is 9.59 Å². The molecule has 0 saturated carbocycles. The Hall–Kier alpha value is -4.04. The number of hydrogen-bond donors (Lipinski definition) is 2. The van der Waals surface area contributed by atoms with E-state index in [-0.39, 0.29) is 35.3 Å². The summed E-state index contributed by atoms with van der Waals surface area (Å²) in [7, 11) is 0. The monoisotopic (exact) mass is 686 g/mol. The highest BCUT2D eigenvalue weighted by Gasteiger charge is 2.38. The summed E-state index contributed by atoms with van der Waals surface area (Å²) in [5, 5.41) is 2.99. The quantitative estimate of drug-likeness (QED) is 0.429. The minimum absolute atomic E-state index is 0.0821. The number of urea groups is 1. The zero-order valence-corrected chi connectivity index (χ0v) is 27.8. The van der Waals surface area contributed by atoms with Crippen LogP contribution in [0.15, 0.2) is 36.4 Å². The molecule has 11 nitrogen and oxygen atoms in total. The Morgan fingerprint density at radius 3 is 2.35 bits per heavy atom. The number of ether oxygens (including phenoxy) is 2. The van der Waals surface area contributed by atoms with Crippen molar-refractivity contribution in [1.82, 2.24) is 19.6 Å². The Labute approximate surface area is 284 Å². The molecule has 6 rings (SSSR count). The van der Waals surface area contributed by atoms with Gasteiger partial charge in [0, 0.05) is 88.9 Å². The lowest BCUT2D eigenvalue weighted by atomic mass is 9.98. The molecule has 2 aromatic carbocycles. The predicted octanol–water partition coefficient (Wildman–Crippen LogP) is 4.52. The van der Waals surface area contributed by atoms with Gasteiger partial charge in [0.15, 0.2) is 6.10 Å². The van der Waals surface area contributed by atoms with E-state index in [1.165, 1.54) is 17.9 Å². The first-order valence-corrected chi connectivity index (χ1v) is 17.2. The van der Waals surface area contributed by atoms with E-state index in [9.17, 15) is 27.6 Å². The molecular weight excluding hydrogens is 641 g/mol. The number of carbonyl (C=O) groups is 3. The minimum atomic E-state index is -4.68. The van der Waals surface area contributed by atoms with Gasteiger partial charge in [-0.3, -0.25) is 9.69 Å². The van der Waals surface area contributed by atoms with Crippen LogP contribution in [0.4, 0.5) is 34.1 Å². The molecule has 3 N–H and O–H groups in total. The lowest BCUT2D eigenvalue weighted by molar-refractivity contribution is -0.143. The highest BCUT2D eigenvalue weighted by atomic mass is 19.4. The van der Waals surface area contributed by atoms with Crippen LogP contribution in [0.25, 0.3) is 0 Å². The Kier molecular flexibility index (Phi) is 10.5. The Balaban J connectivity index is 1.12. The number of piperazine rings is 1. The van der Waals surface area contributed by atoms with E-state index in [1.54, 1.807) is 4.90 Å². The number of anilines is 2. The predicted molar refractivity (Wildman–Crippen MR) is 177 cm³/mol. The number of nitrogens with one attached hydrogen (secondary N) is 1. The molecule has 266 valence electrons. The topological polar surface area (TPSA) is 121 Å². The summed E-state index contributed by atoms with van der Waals surface area (Å²) in [6.07, 6.45) is -3.30. The van der Waals surface area contributed by atoms with Crippen molar-refractivity contribution < 1.29 is 37.0 Å². The van der Waals surface area contributed by atoms with Gasteiger partial charge in [0.25, 0.3) is 5.91 Å². The van der Waals surface area contributed by atoms with E-state index in [2.05, 4.69) is 10.2 Å². The van der Waals surface area contributed by atoms with E-state index in [4.69, 9.17) is 15.2 Å². The molecule has 4 heterocycles. The summed E-state index contributed by atoms with van der Waals surface area (Å²) in [5.41, 5.74) is 6.73. The van der Waals surface area contributed by atoms with Gasteiger partial charge < -0.3 is 35.2 Å². The maximum absolute atomic E-state index is 14.0. The van der Waals surface area contributed by atoms with Gasteiger partial charge in [0.2, 0.25) is 0 Å². The number of para-hydroxylation sites is 1. The molecule has 2 aromatic rings. The SMILES string of the molecule is Cc1cc(CC(OC(=O)N2CCC(N3CCc4ccccc4NC3=O)CC2)C(=O)N2CCN(C3CCOCC3)CC2)cc(C(F)(F)F)c1N. The molecule has 4 aliphatic heterocycles. The van der Waals surface area contributed by atoms with E-state index in [1.807, 2.05) is 29.2 Å². The van der Waals surface area contributed by atoms with Crippen molar-refractivity contribution in [3.63, 3.8) is 0 Å². The molecule has 0 aliphatic carbocycles. The Bertz CT molecular complexity index is 1520. The number of carbonyl (C=O) groups excluding carboxylic acids is 3. The first-order chi connectivity index (χ1) is 23.5. The molecule has 0 aromatic heterocycles. The van der Waals surface area contributed by atoms with Gasteiger partial charge in [-0.2, -0.15) is 13.2 Å². The van der Waals surface area contributed by atoms with Crippen molar-refractivity contribution in [1.29, 1.82) is 0 Å². The fourth-order valence-corrected chi connectivity index (χ4v) is 7.47. The van der Waals surface area contributed by atoms with Crippen LogP contribution >= 0.6 is 0 Å². The third-order valence-electron chi connectivity index (χ3n) is 10.3. The van der Waals surface area contributed by atoms with Crippen molar-refractivity contribution in [2.45, 2.75) is 69.8 Å². The Morgan fingerprint density at radius 2 is 1.65 bits per heavy atom. The van der Waals surface area contributed by atoms with Crippen LogP contribution in [0.2, 0.25) is 0 Å². The van der Waals surface area contributed by atoms with Gasteiger partial charge in [0.1, 0.15) is 0 Å². The molecule has 3 fully saturated rings. The average Bonchev–Trinajstić information content (AvgIpc) is 3.27. The van der Waals surface area contributed by atoms with Crippen LogP contribution in [0.1, 0.15) is 47.9 Å². The molecule has 4 amide bonds. The molecule has 1 atom stereocenters. The van der Waals surface area contributed by atoms with Crippen LogP contribution in [-0.4, -0.2) is 115 Å². The molecule has 14 heteroatoms. The molecule has 49 heavy (non-hydrogen) atoms. The van der Waals surface area contributed by atoms with Crippen LogP contribution in [0.5, 0.6) is 0 Å². The van der Waals surface area contributed by atoms with Crippen molar-refractivity contribution in [3.8, 4) is 0 Å². The molecule has 1 unspecified atom stereocenters. The highest BCUT2D eigenvalue weighted by molar-refractivity contribution is 5.91. The number of aryl methyl sites for hydroxylation is 1. The number of nitrogens with two attached hydrogens (primary N) is 1. The summed E-state index contributed by atoms with van der Waals surface area (Å²) in [4.78, 5) is 47.9. The van der Waals surface area contributed by atoms with E-state index < -0.39 is 29.8 Å². The average molecular weight is 687 g/mol. The second-order valence-corrected chi connectivity index (χ2v) is 13.4. The number of nitrogens with zero attached hydrogens (tertiary/aromatic N) is 4. The number of halogens is 3. The standard InChI is InChI=1S/C35H45F3N6O5/c1-23-20-24(21-28(31(23)39)35(36,37)38)22-30(32(45)42-16-14-41(15-17-42)26-9-18-48-19-10-26)49-34(47)43-11-7-27(8-12-43)44-13-6-25-4-2-3-5-29(25)40-33(44)46/h2-5,20-21,26-27,30H,6-19,22,39H2,1H3,(H,40,46). The normalized spacial score (nSPS) is 20.7. The second-order valence-electron chi connectivity index (χ2n) is 13.4. The highest BCUT2D eigenvalue weighted by Crippen LogP contribution is 2.36. The number of benzene rings is 2. The number of fused-ring (bicyclic) bond motifs is 1. The zero-order chi connectivity index (χ0) is 34.7. The lowest BCUT2D eigenvalue weighted by Crippen LogP contribution is -2.56. The first-order valence-electron chi connectivity index (χ1n) is 17.2. The maximum atomic E-state index is 14.0. The summed E-state index contributed by atoms with van der Waals surface area (Å²) >= 11 is 0. The molecular formula is C35H45F3N6O5. The van der Waals surface area contributed by atoms with Crippen molar-refractivity contribution >= 4 is 29.4 Å². The third-order valence-corrected chi connectivity index (χ3v) is 10.3. The minimum Gasteiger partial charge on any atom is -0.436 e. The van der Waals surface area contributed by atoms with Crippen LogP contribution in [0, 0.1) is 6.92 Å². The van der Waals surface area contributed by atoms with E-state index >= 15 is 0 Å². The first kappa shape index (κ1) is 34.8. The summed E-state index contributed by atoms with van der Waals surface area (Å²) in [5.74, 6) is -0.432. The van der Waals surface area contributed by atoms with Gasteiger partial charge in [-0.1, -0.05) is 24.3 Å². The maximum Gasteiger partial charge on any atom is 0.418 e. The van der Waals surface area contributed by atoms with E-state index in [0.717, 1.165) is 30.2 Å². The van der Waals surface area contributed by atoms with Crippen LogP contribution < -0.4 is 11.1 Å². The number of nitrogen functional groups attached to an aromatic ring is 1. The van der Waals surface area contributed by atoms with Crippen molar-refractivity contribution in [2.24, 2.45) is 0 Å². The number of alkyl halides is 3. The fraction of sp³-hybridized carbons (Fsp3) is 0.571. The molecule has 0 radical (unpaired) electrons. The largest absolute Gasteiger partial charge is 0.436 e. The van der Waals surface area contributed by atoms with E-state index in [0.29, 0.717) is 84.3 Å². The number of piperidine rings is 1. The summed E-state index contributed by atoms with van der Waals surface area (Å²) < 4.78 is 52.9. The Morgan fingerprint density at radius 1 is 0.959 bits per heavy atom. The molecule has 0 spiro atoms. The number of likely N-dealkylation sites (tertiary alicyclic amines) is 1. The van der Waals surface area contributed by atoms with Gasteiger partial charge in [0.05, 0.1) is 5.56 Å². The van der Waals surface area contributed by atoms with Crippen molar-refractivity contribution in [3.05, 3.63) is 58.7 Å². The van der Waals surface area contributed by atoms with Gasteiger partial charge in [-0.05, 0) is 67.9 Å². The molecule has 4 aliphatic rings. The molecule has 3 saturated heterocycles. The van der Waals surface area contributed by atoms with Crippen LogP contribution in [-0.2, 0) is 33.3 Å². The fourth-order valence-electron chi connectivity index (χ4n) is 7.47. The molecule has 0 bridgehead atoms. The van der Waals surface area contributed by atoms with Crippen LogP contribution in [0.3, 0.4) is 0 Å². The van der Waals surface area contributed by atoms with Gasteiger partial charge >= 0.3 is 18.3 Å². The summed E-state index contributed by atoms with van der Waals surface area (Å²) in [6.45, 7) is 6.22. The zero-order valence-electron chi connectivity index (χ0n) is 27.8. The van der Waals surface area contributed by atoms with Gasteiger partial charge in [-0.15, -0.1) is 0 Å². The third kappa shape index (κ3) is 8.07. The number of hydrogen-bond acceptors (Lipinski definition) is 7. The number of rotatable bonds is 6. The summed E-state index contributed by atoms with van der Waals surface area (Å²) in [6, 6.07) is 10.3. The smallest absolute Gasteiger partial charge is 0.418 e. The lowest BCUT2D eigenvalue weighted by Gasteiger charge is -2.41.